The third kappa shape index (κ3) is 3.49. The predicted molar refractivity (Wildman–Crippen MR) is 96.8 cm³/mol. The summed E-state index contributed by atoms with van der Waals surface area (Å²) >= 11 is 0. The Morgan fingerprint density at radius 2 is 1.73 bits per heavy atom. The number of amides is 2. The first-order valence-electron chi connectivity index (χ1n) is 8.39. The molecule has 4 rings (SSSR count). The minimum atomic E-state index is -0.188. The van der Waals surface area contributed by atoms with Gasteiger partial charge in [0, 0.05) is 50.2 Å². The average Bonchev–Trinajstić information content (AvgIpc) is 3.18. The first kappa shape index (κ1) is 16.1. The quantitative estimate of drug-likeness (QED) is 0.781. The normalized spacial score (nSPS) is 14.3. The Morgan fingerprint density at radius 1 is 1.00 bits per heavy atom. The highest BCUT2D eigenvalue weighted by Gasteiger charge is 2.23. The number of rotatable bonds is 3. The maximum atomic E-state index is 12.4. The molecule has 0 aliphatic carbocycles. The first-order chi connectivity index (χ1) is 12.8. The molecule has 1 aliphatic rings. The summed E-state index contributed by atoms with van der Waals surface area (Å²) in [6.45, 7) is 2.55. The van der Waals surface area contributed by atoms with Crippen LogP contribution in [0.5, 0.6) is 0 Å². The maximum Gasteiger partial charge on any atom is 0.323 e. The molecule has 2 aromatic heterocycles. The van der Waals surface area contributed by atoms with E-state index < -0.39 is 0 Å². The van der Waals surface area contributed by atoms with Crippen LogP contribution in [-0.4, -0.2) is 52.2 Å². The van der Waals surface area contributed by atoms with Crippen molar-refractivity contribution in [2.24, 2.45) is 0 Å². The van der Waals surface area contributed by atoms with Crippen LogP contribution in [0.4, 0.5) is 16.6 Å². The molecule has 0 atom stereocenters. The second-order valence-corrected chi connectivity index (χ2v) is 5.90. The number of hydrogen-bond donors (Lipinski definition) is 1. The molecule has 8 heteroatoms. The molecule has 0 saturated carbocycles. The summed E-state index contributed by atoms with van der Waals surface area (Å²) in [4.78, 5) is 24.7. The molecule has 26 heavy (non-hydrogen) atoms. The molecule has 1 saturated heterocycles. The Bertz CT molecular complexity index is 860. The third-order valence-electron chi connectivity index (χ3n) is 4.21. The zero-order chi connectivity index (χ0) is 17.8. The Balaban J connectivity index is 1.34. The number of benzene rings is 1. The summed E-state index contributed by atoms with van der Waals surface area (Å²) in [6, 6.07) is 13.0. The largest absolute Gasteiger partial charge is 0.354 e. The summed E-state index contributed by atoms with van der Waals surface area (Å²) in [5.41, 5.74) is 0.914. The van der Waals surface area contributed by atoms with E-state index >= 15 is 0 Å². The van der Waals surface area contributed by atoms with Gasteiger partial charge in [0.1, 0.15) is 0 Å². The molecule has 0 unspecified atom stereocenters. The lowest BCUT2D eigenvalue weighted by Crippen LogP contribution is -2.50. The Morgan fingerprint density at radius 3 is 2.46 bits per heavy atom. The number of anilines is 2. The second kappa shape index (κ2) is 7.22. The third-order valence-corrected chi connectivity index (χ3v) is 4.21. The van der Waals surface area contributed by atoms with Crippen LogP contribution >= 0.6 is 0 Å². The van der Waals surface area contributed by atoms with Gasteiger partial charge < -0.3 is 14.3 Å². The van der Waals surface area contributed by atoms with Crippen molar-refractivity contribution < 1.29 is 9.32 Å². The lowest BCUT2D eigenvalue weighted by atomic mass is 10.2. The lowest BCUT2D eigenvalue weighted by molar-refractivity contribution is 0.207. The number of nitrogens with one attached hydrogen (secondary N) is 1. The Labute approximate surface area is 150 Å². The van der Waals surface area contributed by atoms with Crippen LogP contribution in [0.25, 0.3) is 11.3 Å². The van der Waals surface area contributed by atoms with Crippen molar-refractivity contribution >= 4 is 17.8 Å². The van der Waals surface area contributed by atoms with E-state index in [1.807, 2.05) is 30.3 Å². The second-order valence-electron chi connectivity index (χ2n) is 5.90. The molecular weight excluding hydrogens is 332 g/mol. The van der Waals surface area contributed by atoms with Crippen molar-refractivity contribution in [1.82, 2.24) is 20.0 Å². The molecular formula is C18H18N6O2. The molecule has 8 nitrogen and oxygen atoms in total. The molecule has 1 fully saturated rings. The maximum absolute atomic E-state index is 12.4. The smallest absolute Gasteiger partial charge is 0.323 e. The zero-order valence-corrected chi connectivity index (χ0v) is 14.1. The van der Waals surface area contributed by atoms with Gasteiger partial charge in [-0.25, -0.2) is 14.8 Å². The van der Waals surface area contributed by atoms with Crippen molar-refractivity contribution in [2.45, 2.75) is 0 Å². The van der Waals surface area contributed by atoms with Crippen LogP contribution in [-0.2, 0) is 0 Å². The highest BCUT2D eigenvalue weighted by atomic mass is 16.5. The fourth-order valence-corrected chi connectivity index (χ4v) is 2.83. The van der Waals surface area contributed by atoms with Crippen molar-refractivity contribution in [1.29, 1.82) is 0 Å². The minimum Gasteiger partial charge on any atom is -0.354 e. The number of carbonyl (C=O) groups is 1. The molecule has 3 aromatic rings. The van der Waals surface area contributed by atoms with Crippen LogP contribution in [0.3, 0.4) is 0 Å². The van der Waals surface area contributed by atoms with Gasteiger partial charge >= 0.3 is 6.03 Å². The van der Waals surface area contributed by atoms with E-state index in [9.17, 15) is 4.79 Å². The van der Waals surface area contributed by atoms with Gasteiger partial charge in [0.15, 0.2) is 11.6 Å². The van der Waals surface area contributed by atoms with Gasteiger partial charge in [0.2, 0.25) is 5.95 Å². The molecule has 1 aliphatic heterocycles. The predicted octanol–water partition coefficient (Wildman–Crippen LogP) is 2.49. The fraction of sp³-hybridized carbons (Fsp3) is 0.222. The van der Waals surface area contributed by atoms with Gasteiger partial charge in [-0.3, -0.25) is 5.32 Å². The molecule has 1 aromatic carbocycles. The standard InChI is InChI=1S/C18H18N6O2/c25-18(21-16-13-15(26-22-16)14-5-2-1-3-6-14)24-11-9-23(10-12-24)17-19-7-4-8-20-17/h1-8,13H,9-12H2,(H,21,22,25). The summed E-state index contributed by atoms with van der Waals surface area (Å²) in [5, 5.41) is 6.71. The summed E-state index contributed by atoms with van der Waals surface area (Å²) in [7, 11) is 0. The molecule has 2 amide bonds. The van der Waals surface area contributed by atoms with Crippen LogP contribution in [0, 0.1) is 0 Å². The lowest BCUT2D eigenvalue weighted by Gasteiger charge is -2.34. The first-order valence-corrected chi connectivity index (χ1v) is 8.39. The van der Waals surface area contributed by atoms with Crippen molar-refractivity contribution in [3.05, 3.63) is 54.9 Å². The molecule has 132 valence electrons. The minimum absolute atomic E-state index is 0.188. The van der Waals surface area contributed by atoms with E-state index in [0.717, 1.165) is 5.56 Å². The average molecular weight is 350 g/mol. The monoisotopic (exact) mass is 350 g/mol. The molecule has 1 N–H and O–H groups in total. The van der Waals surface area contributed by atoms with E-state index in [-0.39, 0.29) is 6.03 Å². The van der Waals surface area contributed by atoms with Gasteiger partial charge in [0.05, 0.1) is 0 Å². The van der Waals surface area contributed by atoms with Gasteiger partial charge in [-0.15, -0.1) is 0 Å². The summed E-state index contributed by atoms with van der Waals surface area (Å²) in [5.74, 6) is 1.71. The summed E-state index contributed by atoms with van der Waals surface area (Å²) < 4.78 is 5.31. The molecule has 0 radical (unpaired) electrons. The topological polar surface area (TPSA) is 87.4 Å². The van der Waals surface area contributed by atoms with E-state index in [4.69, 9.17) is 4.52 Å². The van der Waals surface area contributed by atoms with Gasteiger partial charge in [0.25, 0.3) is 0 Å². The van der Waals surface area contributed by atoms with Crippen LogP contribution < -0.4 is 10.2 Å². The van der Waals surface area contributed by atoms with E-state index in [1.54, 1.807) is 29.4 Å². The number of hydrogen-bond acceptors (Lipinski definition) is 6. The SMILES string of the molecule is O=C(Nc1cc(-c2ccccc2)on1)N1CCN(c2ncccn2)CC1. The van der Waals surface area contributed by atoms with Crippen LogP contribution in [0.15, 0.2) is 59.4 Å². The molecule has 0 spiro atoms. The van der Waals surface area contributed by atoms with Crippen molar-refractivity contribution in [3.8, 4) is 11.3 Å². The Kier molecular flexibility index (Phi) is 4.46. The van der Waals surface area contributed by atoms with Gasteiger partial charge in [-0.2, -0.15) is 0 Å². The highest BCUT2D eigenvalue weighted by Crippen LogP contribution is 2.22. The Hall–Kier alpha value is -3.42. The zero-order valence-electron chi connectivity index (χ0n) is 14.1. The number of aromatic nitrogens is 3. The number of nitrogens with zero attached hydrogens (tertiary/aromatic N) is 5. The van der Waals surface area contributed by atoms with E-state index in [1.165, 1.54) is 0 Å². The number of carbonyl (C=O) groups excluding carboxylic acids is 1. The van der Waals surface area contributed by atoms with Crippen molar-refractivity contribution in [3.63, 3.8) is 0 Å². The van der Waals surface area contributed by atoms with E-state index in [2.05, 4.69) is 25.3 Å². The molecule has 0 bridgehead atoms. The van der Waals surface area contributed by atoms with Gasteiger partial charge in [-0.1, -0.05) is 35.5 Å². The molecule has 3 heterocycles. The van der Waals surface area contributed by atoms with Crippen LogP contribution in [0.1, 0.15) is 0 Å². The van der Waals surface area contributed by atoms with Crippen molar-refractivity contribution in [2.75, 3.05) is 36.4 Å². The number of piperazine rings is 1. The van der Waals surface area contributed by atoms with E-state index in [0.29, 0.717) is 43.7 Å². The number of urea groups is 1. The summed E-state index contributed by atoms with van der Waals surface area (Å²) in [6.07, 6.45) is 3.44. The fourth-order valence-electron chi connectivity index (χ4n) is 2.83. The van der Waals surface area contributed by atoms with Crippen LogP contribution in [0.2, 0.25) is 0 Å². The highest BCUT2D eigenvalue weighted by molar-refractivity contribution is 5.89. The van der Waals surface area contributed by atoms with Gasteiger partial charge in [-0.05, 0) is 6.07 Å².